The summed E-state index contributed by atoms with van der Waals surface area (Å²) < 4.78 is 22.0. The van der Waals surface area contributed by atoms with Crippen molar-refractivity contribution in [1.29, 1.82) is 0 Å². The molecule has 8 heteroatoms. The fraction of sp³-hybridized carbons (Fsp3) is 0.375. The number of carbonyl (C=O) groups is 2. The van der Waals surface area contributed by atoms with Crippen molar-refractivity contribution in [2.75, 3.05) is 19.8 Å². The first-order valence-electron chi connectivity index (χ1n) is 14.0. The zero-order valence-electron chi connectivity index (χ0n) is 22.5. The smallest absolute Gasteiger partial charge is 0.303 e. The van der Waals surface area contributed by atoms with Gasteiger partial charge in [0.1, 0.15) is 11.0 Å². The van der Waals surface area contributed by atoms with E-state index in [2.05, 4.69) is 16.9 Å². The fourth-order valence-electron chi connectivity index (χ4n) is 5.62. The van der Waals surface area contributed by atoms with E-state index in [0.29, 0.717) is 26.2 Å². The average molecular weight is 561 g/mol. The summed E-state index contributed by atoms with van der Waals surface area (Å²) >= 11 is 0. The molecule has 7 nitrogen and oxygen atoms in total. The molecular formula is C32H36N2O5S. The Bertz CT molecular complexity index is 1310. The van der Waals surface area contributed by atoms with Gasteiger partial charge < -0.3 is 14.7 Å². The number of morpholine rings is 1. The van der Waals surface area contributed by atoms with Gasteiger partial charge in [-0.3, -0.25) is 9.59 Å². The van der Waals surface area contributed by atoms with Crippen molar-refractivity contribution >= 4 is 22.9 Å². The number of aryl methyl sites for hydroxylation is 1. The highest BCUT2D eigenvalue weighted by Gasteiger charge is 2.35. The summed E-state index contributed by atoms with van der Waals surface area (Å²) in [5, 5.41) is 8.86. The highest BCUT2D eigenvalue weighted by Crippen LogP contribution is 2.32. The van der Waals surface area contributed by atoms with Gasteiger partial charge in [-0.1, -0.05) is 66.7 Å². The highest BCUT2D eigenvalue weighted by atomic mass is 32.2. The maximum absolute atomic E-state index is 13.5. The molecule has 1 heterocycles. The number of carboxylic acids is 1. The number of carboxylic acid groups (broad SMARTS) is 1. The number of hydrogen-bond acceptors (Lipinski definition) is 4. The van der Waals surface area contributed by atoms with Crippen LogP contribution in [0.25, 0.3) is 11.1 Å². The molecule has 40 heavy (non-hydrogen) atoms. The zero-order valence-corrected chi connectivity index (χ0v) is 23.4. The van der Waals surface area contributed by atoms with Gasteiger partial charge in [-0.25, -0.2) is 8.93 Å². The van der Waals surface area contributed by atoms with Crippen LogP contribution in [0.5, 0.6) is 0 Å². The molecule has 5 rings (SSSR count). The van der Waals surface area contributed by atoms with E-state index in [4.69, 9.17) is 9.84 Å². The third-order valence-electron chi connectivity index (χ3n) is 7.93. The molecular weight excluding hydrogens is 524 g/mol. The van der Waals surface area contributed by atoms with Gasteiger partial charge in [0.15, 0.2) is 0 Å². The molecule has 2 aliphatic rings. The third kappa shape index (κ3) is 7.05. The second-order valence-electron chi connectivity index (χ2n) is 10.6. The van der Waals surface area contributed by atoms with E-state index in [1.54, 1.807) is 0 Å². The molecule has 1 saturated carbocycles. The van der Waals surface area contributed by atoms with E-state index >= 15 is 0 Å². The van der Waals surface area contributed by atoms with Crippen LogP contribution in [0.3, 0.4) is 0 Å². The minimum absolute atomic E-state index is 0.00871. The second-order valence-corrected chi connectivity index (χ2v) is 11.8. The molecule has 1 unspecified atom stereocenters. The van der Waals surface area contributed by atoms with Crippen molar-refractivity contribution in [2.24, 2.45) is 5.92 Å². The second kappa shape index (κ2) is 13.4. The number of hydrogen-bond donors (Lipinski definition) is 2. The molecule has 0 aromatic heterocycles. The molecule has 2 N–H and O–H groups in total. The van der Waals surface area contributed by atoms with Crippen LogP contribution in [0.2, 0.25) is 0 Å². The first-order chi connectivity index (χ1) is 19.5. The normalized spacial score (nSPS) is 22.0. The van der Waals surface area contributed by atoms with Crippen molar-refractivity contribution in [1.82, 2.24) is 9.62 Å². The van der Waals surface area contributed by atoms with Gasteiger partial charge >= 0.3 is 5.97 Å². The van der Waals surface area contributed by atoms with Gasteiger partial charge in [-0.05, 0) is 66.5 Å². The van der Waals surface area contributed by atoms with Gasteiger partial charge in [0, 0.05) is 24.9 Å². The Hall–Kier alpha value is -3.33. The first kappa shape index (κ1) is 28.2. The van der Waals surface area contributed by atoms with E-state index in [-0.39, 0.29) is 30.3 Å². The molecule has 0 radical (unpaired) electrons. The summed E-state index contributed by atoms with van der Waals surface area (Å²) in [5.41, 5.74) is 4.15. The van der Waals surface area contributed by atoms with Gasteiger partial charge in [0.05, 0.1) is 24.2 Å². The summed E-state index contributed by atoms with van der Waals surface area (Å²) in [6, 6.07) is 25.7. The Labute approximate surface area is 238 Å². The Kier molecular flexibility index (Phi) is 9.41. The molecule has 1 aliphatic heterocycles. The van der Waals surface area contributed by atoms with Crippen LogP contribution in [0.4, 0.5) is 0 Å². The van der Waals surface area contributed by atoms with Crippen LogP contribution in [0.1, 0.15) is 49.3 Å². The average Bonchev–Trinajstić information content (AvgIpc) is 3.01. The lowest BCUT2D eigenvalue weighted by atomic mass is 9.85. The van der Waals surface area contributed by atoms with E-state index in [9.17, 15) is 13.8 Å². The summed E-state index contributed by atoms with van der Waals surface area (Å²) in [6.45, 7) is 1.72. The van der Waals surface area contributed by atoms with E-state index in [1.807, 2.05) is 71.6 Å². The van der Waals surface area contributed by atoms with Crippen molar-refractivity contribution in [2.45, 2.75) is 55.5 Å². The topological polar surface area (TPSA) is 95.9 Å². The number of nitrogens with one attached hydrogen (secondary N) is 1. The van der Waals surface area contributed by atoms with Crippen LogP contribution < -0.4 is 4.72 Å². The fourth-order valence-corrected chi connectivity index (χ4v) is 6.67. The van der Waals surface area contributed by atoms with Crippen LogP contribution in [-0.2, 0) is 31.7 Å². The molecule has 1 aliphatic carbocycles. The number of ether oxygens (including phenoxy) is 1. The van der Waals surface area contributed by atoms with Crippen molar-refractivity contribution in [3.05, 3.63) is 90.0 Å². The minimum Gasteiger partial charge on any atom is -0.481 e. The summed E-state index contributed by atoms with van der Waals surface area (Å²) in [4.78, 5) is 27.0. The lowest BCUT2D eigenvalue weighted by Crippen LogP contribution is -2.47. The van der Waals surface area contributed by atoms with E-state index in [0.717, 1.165) is 52.8 Å². The molecule has 0 bridgehead atoms. The zero-order chi connectivity index (χ0) is 27.9. The van der Waals surface area contributed by atoms with Crippen LogP contribution >= 0.6 is 0 Å². The Morgan fingerprint density at radius 3 is 2.20 bits per heavy atom. The highest BCUT2D eigenvalue weighted by molar-refractivity contribution is 7.83. The van der Waals surface area contributed by atoms with Gasteiger partial charge in [-0.2, -0.15) is 0 Å². The van der Waals surface area contributed by atoms with Crippen molar-refractivity contribution in [3.8, 4) is 11.1 Å². The van der Waals surface area contributed by atoms with E-state index < -0.39 is 17.0 Å². The first-order valence-corrected chi connectivity index (χ1v) is 15.1. The molecule has 1 amide bonds. The SMILES string of the molecule is O=C(O)CCc1ccc(-c2ccc(S(=O)NC3CCC(C(=O)N4CCOC[C@@H]4c4ccccc4)CC3)cc2)cc1. The number of amides is 1. The molecule has 2 atom stereocenters. The minimum atomic E-state index is -1.33. The Balaban J connectivity index is 1.12. The summed E-state index contributed by atoms with van der Waals surface area (Å²) in [5.74, 6) is -0.597. The number of nitrogens with zero attached hydrogens (tertiary/aromatic N) is 1. The third-order valence-corrected chi connectivity index (χ3v) is 9.18. The number of benzene rings is 3. The van der Waals surface area contributed by atoms with Gasteiger partial charge in [-0.15, -0.1) is 0 Å². The quantitative estimate of drug-likeness (QED) is 0.378. The molecule has 1 saturated heterocycles. The lowest BCUT2D eigenvalue weighted by molar-refractivity contribution is -0.145. The predicted molar refractivity (Wildman–Crippen MR) is 155 cm³/mol. The summed E-state index contributed by atoms with van der Waals surface area (Å²) in [6.07, 6.45) is 3.83. The van der Waals surface area contributed by atoms with Gasteiger partial charge in [0.2, 0.25) is 5.91 Å². The molecule has 0 spiro atoms. The lowest BCUT2D eigenvalue weighted by Gasteiger charge is -2.39. The number of carbonyl (C=O) groups excluding carboxylic acids is 1. The number of aliphatic carboxylic acids is 1. The van der Waals surface area contributed by atoms with Crippen LogP contribution in [0.15, 0.2) is 83.8 Å². The molecule has 3 aromatic rings. The van der Waals surface area contributed by atoms with Crippen molar-refractivity contribution < 1.29 is 23.6 Å². The summed E-state index contributed by atoms with van der Waals surface area (Å²) in [7, 11) is -1.33. The maximum Gasteiger partial charge on any atom is 0.303 e. The molecule has 210 valence electrons. The van der Waals surface area contributed by atoms with Crippen LogP contribution in [0, 0.1) is 5.92 Å². The maximum atomic E-state index is 13.5. The Morgan fingerprint density at radius 2 is 1.55 bits per heavy atom. The number of rotatable bonds is 9. The molecule has 2 fully saturated rings. The Morgan fingerprint density at radius 1 is 0.900 bits per heavy atom. The largest absolute Gasteiger partial charge is 0.481 e. The monoisotopic (exact) mass is 560 g/mol. The predicted octanol–water partition coefficient (Wildman–Crippen LogP) is 5.14. The molecule has 3 aromatic carbocycles. The van der Waals surface area contributed by atoms with E-state index in [1.165, 1.54) is 0 Å². The van der Waals surface area contributed by atoms with Crippen LogP contribution in [-0.4, -0.2) is 51.9 Å². The van der Waals surface area contributed by atoms with Gasteiger partial charge in [0.25, 0.3) is 0 Å². The standard InChI is InChI=1S/C32H36N2O5S/c35-31(36)19-8-23-6-9-24(10-7-23)25-13-17-29(18-14-25)40(38)33-28-15-11-27(12-16-28)32(37)34-20-21-39-22-30(34)26-4-2-1-3-5-26/h1-7,9-10,13-14,17-18,27-28,30,33H,8,11-12,15-16,19-22H2,(H,35,36)/t27?,28?,30-,40?/m1/s1. The van der Waals surface area contributed by atoms with Crippen molar-refractivity contribution in [3.63, 3.8) is 0 Å².